The van der Waals surface area contributed by atoms with E-state index < -0.39 is 5.60 Å². The van der Waals surface area contributed by atoms with E-state index in [0.717, 1.165) is 52.3 Å². The minimum absolute atomic E-state index is 0.320. The van der Waals surface area contributed by atoms with Crippen LogP contribution in [0.2, 0.25) is 0 Å². The monoisotopic (exact) mass is 403 g/mol. The molecule has 154 valence electrons. The highest BCUT2D eigenvalue weighted by Crippen LogP contribution is 2.29. The molecule has 0 aliphatic carbocycles. The van der Waals surface area contributed by atoms with Gasteiger partial charge in [0.1, 0.15) is 17.9 Å². The predicted octanol–water partition coefficient (Wildman–Crippen LogP) is 2.87. The highest BCUT2D eigenvalue weighted by atomic mass is 16.5. The van der Waals surface area contributed by atoms with Crippen molar-refractivity contribution in [1.29, 1.82) is 0 Å². The van der Waals surface area contributed by atoms with Crippen LogP contribution in [0.4, 0.5) is 5.69 Å². The summed E-state index contributed by atoms with van der Waals surface area (Å²) in [7, 11) is 1.65. The number of rotatable bonds is 4. The summed E-state index contributed by atoms with van der Waals surface area (Å²) < 4.78 is 7.27. The molecule has 1 aliphatic heterocycles. The Hall–Kier alpha value is -3.16. The Bertz CT molecular complexity index is 1210. The predicted molar refractivity (Wildman–Crippen MR) is 118 cm³/mol. The van der Waals surface area contributed by atoms with Crippen LogP contribution in [0, 0.1) is 0 Å². The first-order chi connectivity index (χ1) is 14.6. The second-order valence-corrected chi connectivity index (χ2v) is 7.93. The van der Waals surface area contributed by atoms with Crippen molar-refractivity contribution in [2.75, 3.05) is 31.6 Å². The summed E-state index contributed by atoms with van der Waals surface area (Å²) in [4.78, 5) is 11.6. The zero-order valence-corrected chi connectivity index (χ0v) is 17.0. The van der Waals surface area contributed by atoms with Crippen LogP contribution < -0.4 is 15.4 Å². The molecule has 1 saturated heterocycles. The van der Waals surface area contributed by atoms with Gasteiger partial charge in [-0.2, -0.15) is 0 Å². The number of hydrogen-bond acceptors (Lipinski definition) is 6. The molecule has 1 aliphatic rings. The summed E-state index contributed by atoms with van der Waals surface area (Å²) in [6.07, 6.45) is 3.17. The van der Waals surface area contributed by atoms with Crippen LogP contribution in [0.1, 0.15) is 12.8 Å². The summed E-state index contributed by atoms with van der Waals surface area (Å²) >= 11 is 0. The van der Waals surface area contributed by atoms with Gasteiger partial charge in [-0.05, 0) is 55.3 Å². The third-order valence-electron chi connectivity index (χ3n) is 6.10. The molecule has 0 unspecified atom stereocenters. The second-order valence-electron chi connectivity index (χ2n) is 7.93. The van der Waals surface area contributed by atoms with Crippen molar-refractivity contribution in [2.45, 2.75) is 18.4 Å². The first kappa shape index (κ1) is 18.8. The molecular weight excluding hydrogens is 378 g/mol. The zero-order valence-electron chi connectivity index (χ0n) is 17.0. The van der Waals surface area contributed by atoms with Crippen molar-refractivity contribution in [1.82, 2.24) is 14.5 Å². The number of ether oxygens (including phenoxy) is 1. The topological polar surface area (TPSA) is 89.4 Å². The van der Waals surface area contributed by atoms with Crippen LogP contribution in [0.25, 0.3) is 27.8 Å². The van der Waals surface area contributed by atoms with Gasteiger partial charge < -0.3 is 20.5 Å². The molecule has 0 bridgehead atoms. The Balaban J connectivity index is 1.44. The first-order valence-electron chi connectivity index (χ1n) is 10.2. The largest absolute Gasteiger partial charge is 0.497 e. The number of nitrogens with zero attached hydrogens (tertiary/aromatic N) is 4. The van der Waals surface area contributed by atoms with Crippen molar-refractivity contribution in [3.63, 3.8) is 0 Å². The molecule has 0 spiro atoms. The molecule has 5 rings (SSSR count). The highest BCUT2D eigenvalue weighted by molar-refractivity contribution is 5.84. The Morgan fingerprint density at radius 2 is 1.90 bits per heavy atom. The van der Waals surface area contributed by atoms with E-state index in [1.54, 1.807) is 13.4 Å². The number of aliphatic hydroxyl groups is 1. The molecule has 30 heavy (non-hydrogen) atoms. The molecule has 0 radical (unpaired) electrons. The van der Waals surface area contributed by atoms with E-state index in [-0.39, 0.29) is 0 Å². The van der Waals surface area contributed by atoms with Crippen LogP contribution >= 0.6 is 0 Å². The third-order valence-corrected chi connectivity index (χ3v) is 6.10. The number of piperidine rings is 1. The van der Waals surface area contributed by atoms with Gasteiger partial charge in [-0.15, -0.1) is 0 Å². The minimum Gasteiger partial charge on any atom is -0.497 e. The van der Waals surface area contributed by atoms with E-state index in [1.807, 2.05) is 28.8 Å². The number of fused-ring (bicyclic) bond motifs is 2. The zero-order chi connectivity index (χ0) is 20.7. The van der Waals surface area contributed by atoms with Gasteiger partial charge >= 0.3 is 0 Å². The first-order valence-corrected chi connectivity index (χ1v) is 10.2. The summed E-state index contributed by atoms with van der Waals surface area (Å²) in [5, 5.41) is 11.5. The van der Waals surface area contributed by atoms with Crippen LogP contribution in [-0.4, -0.2) is 52.0 Å². The van der Waals surface area contributed by atoms with Gasteiger partial charge in [-0.3, -0.25) is 4.57 Å². The number of methoxy groups -OCH3 is 1. The lowest BCUT2D eigenvalue weighted by Crippen LogP contribution is -2.48. The van der Waals surface area contributed by atoms with Crippen molar-refractivity contribution in [3.05, 3.63) is 54.9 Å². The van der Waals surface area contributed by atoms with Gasteiger partial charge in [0.15, 0.2) is 0 Å². The Kier molecular flexibility index (Phi) is 4.56. The fourth-order valence-electron chi connectivity index (χ4n) is 4.12. The number of aromatic nitrogens is 3. The van der Waals surface area contributed by atoms with Crippen LogP contribution in [0.3, 0.4) is 0 Å². The summed E-state index contributed by atoms with van der Waals surface area (Å²) in [6.45, 7) is 1.92. The normalized spacial score (nSPS) is 16.3. The van der Waals surface area contributed by atoms with Gasteiger partial charge in [-0.1, -0.05) is 0 Å². The highest BCUT2D eigenvalue weighted by Gasteiger charge is 2.30. The molecule has 0 atom stereocenters. The molecule has 7 nitrogen and oxygen atoms in total. The van der Waals surface area contributed by atoms with Gasteiger partial charge in [0.05, 0.1) is 29.3 Å². The minimum atomic E-state index is -0.721. The number of hydrogen-bond donors (Lipinski definition) is 2. The molecular formula is C23H25N5O2. The molecule has 4 aromatic rings. The maximum Gasteiger partial charge on any atom is 0.139 e. The van der Waals surface area contributed by atoms with E-state index in [2.05, 4.69) is 34.1 Å². The molecule has 3 N–H and O–H groups in total. The van der Waals surface area contributed by atoms with E-state index in [4.69, 9.17) is 15.5 Å². The molecule has 7 heteroatoms. The van der Waals surface area contributed by atoms with E-state index in [1.165, 1.54) is 0 Å². The number of pyridine rings is 1. The van der Waals surface area contributed by atoms with E-state index in [9.17, 15) is 5.11 Å². The molecule has 0 amide bonds. The fraction of sp³-hybridized carbons (Fsp3) is 0.304. The summed E-state index contributed by atoms with van der Waals surface area (Å²) in [5.41, 5.74) is 8.93. The van der Waals surface area contributed by atoms with Gasteiger partial charge in [0, 0.05) is 36.8 Å². The van der Waals surface area contributed by atoms with Gasteiger partial charge in [0.2, 0.25) is 0 Å². The van der Waals surface area contributed by atoms with Crippen LogP contribution in [0.5, 0.6) is 5.75 Å². The maximum absolute atomic E-state index is 10.4. The van der Waals surface area contributed by atoms with Gasteiger partial charge in [-0.25, -0.2) is 9.97 Å². The fourth-order valence-corrected chi connectivity index (χ4v) is 4.12. The SMILES string of the molecule is COc1ccc2c(c1)ncn2-c1ccc2cc(N3CCC(O)(CN)CC3)ccc2n1. The summed E-state index contributed by atoms with van der Waals surface area (Å²) in [5.74, 6) is 1.61. The Morgan fingerprint density at radius 1 is 1.07 bits per heavy atom. The molecule has 1 fully saturated rings. The van der Waals surface area contributed by atoms with Crippen molar-refractivity contribution in [2.24, 2.45) is 5.73 Å². The lowest BCUT2D eigenvalue weighted by atomic mass is 9.91. The number of benzene rings is 2. The van der Waals surface area contributed by atoms with Crippen LogP contribution in [-0.2, 0) is 0 Å². The van der Waals surface area contributed by atoms with Crippen LogP contribution in [0.15, 0.2) is 54.9 Å². The number of imidazole rings is 1. The van der Waals surface area contributed by atoms with Crippen molar-refractivity contribution >= 4 is 27.6 Å². The molecule has 0 saturated carbocycles. The Morgan fingerprint density at radius 3 is 2.67 bits per heavy atom. The lowest BCUT2D eigenvalue weighted by molar-refractivity contribution is 0.0250. The van der Waals surface area contributed by atoms with E-state index >= 15 is 0 Å². The third kappa shape index (κ3) is 3.26. The number of nitrogens with two attached hydrogens (primary N) is 1. The number of anilines is 1. The quantitative estimate of drug-likeness (QED) is 0.545. The average Bonchev–Trinajstić information content (AvgIpc) is 3.22. The lowest BCUT2D eigenvalue weighted by Gasteiger charge is -2.38. The molecule has 2 aromatic carbocycles. The smallest absolute Gasteiger partial charge is 0.139 e. The second kappa shape index (κ2) is 7.27. The molecule has 3 heterocycles. The van der Waals surface area contributed by atoms with Crippen molar-refractivity contribution in [3.8, 4) is 11.6 Å². The Labute approximate surface area is 174 Å². The maximum atomic E-state index is 10.4. The standard InChI is InChI=1S/C23H25N5O2/c1-30-18-4-6-21-20(13-18)25-15-28(21)22-7-2-16-12-17(3-5-19(16)26-22)27-10-8-23(29,14-24)9-11-27/h2-7,12-13,15,29H,8-11,14,24H2,1H3. The van der Waals surface area contributed by atoms with E-state index in [0.29, 0.717) is 19.4 Å². The summed E-state index contributed by atoms with van der Waals surface area (Å²) in [6, 6.07) is 16.3. The van der Waals surface area contributed by atoms with Gasteiger partial charge in [0.25, 0.3) is 0 Å². The molecule has 2 aromatic heterocycles. The van der Waals surface area contributed by atoms with Crippen molar-refractivity contribution < 1.29 is 9.84 Å². The average molecular weight is 403 g/mol.